The topological polar surface area (TPSA) is 49.4 Å². The maximum Gasteiger partial charge on any atom is 0.251 e. The number of hydrogen-bond donors (Lipinski definition) is 1. The highest BCUT2D eigenvalue weighted by Crippen LogP contribution is 2.19. The Bertz CT molecular complexity index is 725. The molecular weight excluding hydrogens is 312 g/mol. The second-order valence-corrected chi connectivity index (χ2v) is 6.56. The average Bonchev–Trinajstić information content (AvgIpc) is 2.67. The lowest BCUT2D eigenvalue weighted by atomic mass is 10.0. The molecule has 2 aromatic rings. The molecule has 0 spiro atoms. The van der Waals surface area contributed by atoms with Crippen molar-refractivity contribution in [1.29, 1.82) is 0 Å². The molecule has 1 aliphatic heterocycles. The largest absolute Gasteiger partial charge is 0.343 e. The molecule has 1 saturated heterocycles. The third-order valence-corrected chi connectivity index (χ3v) is 4.78. The van der Waals surface area contributed by atoms with E-state index in [1.165, 1.54) is 6.42 Å². The van der Waals surface area contributed by atoms with E-state index < -0.39 is 0 Å². The SMILES string of the molecule is CC1CCCCN1C(=O)CNC(=O)c1ccc(-c2ccccc2)cc1. The van der Waals surface area contributed by atoms with Gasteiger partial charge in [0, 0.05) is 18.2 Å². The predicted octanol–water partition coefficient (Wildman–Crippen LogP) is 3.48. The first-order valence-electron chi connectivity index (χ1n) is 8.88. The number of likely N-dealkylation sites (tertiary alicyclic amines) is 1. The van der Waals surface area contributed by atoms with Gasteiger partial charge in [-0.25, -0.2) is 0 Å². The summed E-state index contributed by atoms with van der Waals surface area (Å²) < 4.78 is 0. The van der Waals surface area contributed by atoms with Crippen molar-refractivity contribution in [3.8, 4) is 11.1 Å². The van der Waals surface area contributed by atoms with Gasteiger partial charge < -0.3 is 10.2 Å². The summed E-state index contributed by atoms with van der Waals surface area (Å²) >= 11 is 0. The van der Waals surface area contributed by atoms with Gasteiger partial charge >= 0.3 is 0 Å². The molecule has 0 aromatic heterocycles. The van der Waals surface area contributed by atoms with Crippen LogP contribution in [-0.4, -0.2) is 35.8 Å². The van der Waals surface area contributed by atoms with Crippen LogP contribution in [-0.2, 0) is 4.79 Å². The molecule has 1 unspecified atom stereocenters. The highest BCUT2D eigenvalue weighted by atomic mass is 16.2. The number of amides is 2. The Morgan fingerprint density at radius 3 is 2.36 bits per heavy atom. The number of carbonyl (C=O) groups is 2. The number of rotatable bonds is 4. The van der Waals surface area contributed by atoms with Crippen LogP contribution < -0.4 is 5.32 Å². The van der Waals surface area contributed by atoms with Gasteiger partial charge in [0.05, 0.1) is 6.54 Å². The normalized spacial score (nSPS) is 17.2. The van der Waals surface area contributed by atoms with Crippen LogP contribution in [0.1, 0.15) is 36.5 Å². The zero-order chi connectivity index (χ0) is 17.6. The van der Waals surface area contributed by atoms with Crippen molar-refractivity contribution in [2.45, 2.75) is 32.2 Å². The van der Waals surface area contributed by atoms with Gasteiger partial charge in [-0.15, -0.1) is 0 Å². The first-order valence-corrected chi connectivity index (χ1v) is 8.88. The van der Waals surface area contributed by atoms with Crippen LogP contribution in [0.5, 0.6) is 0 Å². The van der Waals surface area contributed by atoms with Gasteiger partial charge in [-0.1, -0.05) is 42.5 Å². The number of piperidine rings is 1. The lowest BCUT2D eigenvalue weighted by Crippen LogP contribution is -2.46. The van der Waals surface area contributed by atoms with E-state index in [0.29, 0.717) is 5.56 Å². The fourth-order valence-electron chi connectivity index (χ4n) is 3.27. The Kier molecular flexibility index (Phi) is 5.49. The highest BCUT2D eigenvalue weighted by molar-refractivity contribution is 5.96. The summed E-state index contributed by atoms with van der Waals surface area (Å²) in [4.78, 5) is 26.5. The molecule has 4 heteroatoms. The summed E-state index contributed by atoms with van der Waals surface area (Å²) in [5.41, 5.74) is 2.75. The van der Waals surface area contributed by atoms with Gasteiger partial charge in [-0.05, 0) is 49.4 Å². The van der Waals surface area contributed by atoms with Gasteiger partial charge in [0.1, 0.15) is 0 Å². The Morgan fingerprint density at radius 2 is 1.68 bits per heavy atom. The van der Waals surface area contributed by atoms with Crippen molar-refractivity contribution in [2.24, 2.45) is 0 Å². The number of hydrogen-bond acceptors (Lipinski definition) is 2. The molecule has 2 aromatic carbocycles. The van der Waals surface area contributed by atoms with Crippen molar-refractivity contribution in [2.75, 3.05) is 13.1 Å². The molecule has 1 atom stereocenters. The molecule has 0 radical (unpaired) electrons. The first-order chi connectivity index (χ1) is 12.1. The summed E-state index contributed by atoms with van der Waals surface area (Å²) in [6.45, 7) is 2.92. The molecule has 1 N–H and O–H groups in total. The third-order valence-electron chi connectivity index (χ3n) is 4.78. The summed E-state index contributed by atoms with van der Waals surface area (Å²) in [7, 11) is 0. The van der Waals surface area contributed by atoms with Gasteiger partial charge in [0.2, 0.25) is 5.91 Å². The Balaban J connectivity index is 1.57. The van der Waals surface area contributed by atoms with Crippen LogP contribution in [0.15, 0.2) is 54.6 Å². The van der Waals surface area contributed by atoms with E-state index in [-0.39, 0.29) is 24.4 Å². The van der Waals surface area contributed by atoms with Gasteiger partial charge in [0.15, 0.2) is 0 Å². The van der Waals surface area contributed by atoms with Crippen LogP contribution in [0.2, 0.25) is 0 Å². The lowest BCUT2D eigenvalue weighted by Gasteiger charge is -2.33. The molecule has 2 amide bonds. The van der Waals surface area contributed by atoms with Gasteiger partial charge in [-0.2, -0.15) is 0 Å². The van der Waals surface area contributed by atoms with Crippen LogP contribution in [0.25, 0.3) is 11.1 Å². The average molecular weight is 336 g/mol. The molecule has 0 aliphatic carbocycles. The van der Waals surface area contributed by atoms with Gasteiger partial charge in [-0.3, -0.25) is 9.59 Å². The maximum absolute atomic E-state index is 12.3. The summed E-state index contributed by atoms with van der Waals surface area (Å²) in [6.07, 6.45) is 3.26. The smallest absolute Gasteiger partial charge is 0.251 e. The van der Waals surface area contributed by atoms with Crippen molar-refractivity contribution in [3.05, 3.63) is 60.2 Å². The fourth-order valence-corrected chi connectivity index (χ4v) is 3.27. The molecule has 0 bridgehead atoms. The monoisotopic (exact) mass is 336 g/mol. The Hall–Kier alpha value is -2.62. The second kappa shape index (κ2) is 7.97. The molecule has 1 aliphatic rings. The number of carbonyl (C=O) groups excluding carboxylic acids is 2. The number of nitrogens with one attached hydrogen (secondary N) is 1. The minimum absolute atomic E-state index is 0.00135. The van der Waals surface area contributed by atoms with Crippen LogP contribution >= 0.6 is 0 Å². The van der Waals surface area contributed by atoms with E-state index in [9.17, 15) is 9.59 Å². The van der Waals surface area contributed by atoms with E-state index in [4.69, 9.17) is 0 Å². The number of nitrogens with zero attached hydrogens (tertiary/aromatic N) is 1. The van der Waals surface area contributed by atoms with Gasteiger partial charge in [0.25, 0.3) is 5.91 Å². The number of benzene rings is 2. The van der Waals surface area contributed by atoms with E-state index in [1.54, 1.807) is 12.1 Å². The molecule has 4 nitrogen and oxygen atoms in total. The van der Waals surface area contributed by atoms with Crippen LogP contribution in [0.4, 0.5) is 0 Å². The summed E-state index contributed by atoms with van der Waals surface area (Å²) in [5, 5.41) is 2.75. The first kappa shape index (κ1) is 17.2. The molecule has 3 rings (SSSR count). The highest BCUT2D eigenvalue weighted by Gasteiger charge is 2.23. The molecule has 0 saturated carbocycles. The molecule has 130 valence electrons. The van der Waals surface area contributed by atoms with Crippen LogP contribution in [0.3, 0.4) is 0 Å². The zero-order valence-corrected chi connectivity index (χ0v) is 14.6. The van der Waals surface area contributed by atoms with Crippen molar-refractivity contribution < 1.29 is 9.59 Å². The maximum atomic E-state index is 12.3. The standard InChI is InChI=1S/C21H24N2O2/c1-16-7-5-6-14-23(16)20(24)15-22-21(25)19-12-10-18(11-13-19)17-8-3-2-4-9-17/h2-4,8-13,16H,5-7,14-15H2,1H3,(H,22,25). The molecule has 1 heterocycles. The minimum Gasteiger partial charge on any atom is -0.343 e. The summed E-state index contributed by atoms with van der Waals surface area (Å²) in [5.74, 6) is -0.209. The van der Waals surface area contributed by atoms with E-state index in [0.717, 1.165) is 30.5 Å². The predicted molar refractivity (Wildman–Crippen MR) is 99.2 cm³/mol. The van der Waals surface area contributed by atoms with Crippen molar-refractivity contribution in [1.82, 2.24) is 10.2 Å². The Morgan fingerprint density at radius 1 is 1.00 bits per heavy atom. The molecule has 1 fully saturated rings. The lowest BCUT2D eigenvalue weighted by molar-refractivity contribution is -0.133. The fraction of sp³-hybridized carbons (Fsp3) is 0.333. The molecular formula is C21H24N2O2. The van der Waals surface area contributed by atoms with E-state index in [1.807, 2.05) is 47.4 Å². The van der Waals surface area contributed by atoms with E-state index in [2.05, 4.69) is 12.2 Å². The quantitative estimate of drug-likeness (QED) is 0.929. The minimum atomic E-state index is -0.211. The third kappa shape index (κ3) is 4.27. The Labute approximate surface area is 148 Å². The van der Waals surface area contributed by atoms with Crippen molar-refractivity contribution >= 4 is 11.8 Å². The molecule has 25 heavy (non-hydrogen) atoms. The zero-order valence-electron chi connectivity index (χ0n) is 14.6. The van der Waals surface area contributed by atoms with Crippen LogP contribution in [0, 0.1) is 0 Å². The van der Waals surface area contributed by atoms with E-state index >= 15 is 0 Å². The van der Waals surface area contributed by atoms with Crippen molar-refractivity contribution in [3.63, 3.8) is 0 Å². The summed E-state index contributed by atoms with van der Waals surface area (Å²) in [6, 6.07) is 17.7. The second-order valence-electron chi connectivity index (χ2n) is 6.56.